The number of carbonyl (C=O) groups excluding carboxylic acids is 1. The van der Waals surface area contributed by atoms with Gasteiger partial charge in [0, 0.05) is 33.4 Å². The summed E-state index contributed by atoms with van der Waals surface area (Å²) in [7, 11) is 3.95. The van der Waals surface area contributed by atoms with Gasteiger partial charge in [0.25, 0.3) is 0 Å². The van der Waals surface area contributed by atoms with Gasteiger partial charge in [-0.05, 0) is 50.0 Å². The monoisotopic (exact) mass is 466 g/mol. The minimum atomic E-state index is 0. The summed E-state index contributed by atoms with van der Waals surface area (Å²) in [5.74, 6) is 0.142. The molecule has 0 atom stereocenters. The van der Waals surface area contributed by atoms with Gasteiger partial charge in [-0.1, -0.05) is 51.8 Å². The quantitative estimate of drug-likeness (QED) is 0.431. The van der Waals surface area contributed by atoms with Crippen LogP contribution in [-0.2, 0) is 0 Å². The maximum Gasteiger partial charge on any atom is 0.166 e. The van der Waals surface area contributed by atoms with Gasteiger partial charge < -0.3 is 9.88 Å². The molecule has 6 heteroatoms. The van der Waals surface area contributed by atoms with Crippen molar-refractivity contribution in [2.45, 2.75) is 6.42 Å². The van der Waals surface area contributed by atoms with Crippen LogP contribution in [0.25, 0.3) is 23.1 Å². The Bertz CT molecular complexity index is 962. The Morgan fingerprint density at radius 3 is 2.52 bits per heavy atom. The number of hydrogen-bond donors (Lipinski definition) is 1. The van der Waals surface area contributed by atoms with Gasteiger partial charge in [0.15, 0.2) is 5.78 Å². The normalized spacial score (nSPS) is 11.3. The molecule has 1 heterocycles. The number of halogens is 3. The number of nitrogens with zero attached hydrogens (tertiary/aromatic N) is 1. The lowest BCUT2D eigenvalue weighted by Gasteiger charge is -2.08. The lowest BCUT2D eigenvalue weighted by atomic mass is 10.0. The molecule has 0 aliphatic rings. The van der Waals surface area contributed by atoms with E-state index < -0.39 is 0 Å². The lowest BCUT2D eigenvalue weighted by molar-refractivity contribution is 0.0974. The largest absolute Gasteiger partial charge is 0.354 e. The standard InChI is InChI=1S/C21H20BrClN2O.ClH/c1-25(2)12-11-20(26)21-17-9-6-15(22)13-19(17)24-18(21)10-5-14-3-7-16(23)8-4-14;/h3-10,13,24H,11-12H2,1-2H3;1H. The molecule has 0 fully saturated rings. The summed E-state index contributed by atoms with van der Waals surface area (Å²) in [6, 6.07) is 13.6. The Morgan fingerprint density at radius 2 is 1.85 bits per heavy atom. The molecular weight excluding hydrogens is 447 g/mol. The van der Waals surface area contributed by atoms with Crippen molar-refractivity contribution < 1.29 is 4.79 Å². The number of benzene rings is 2. The third-order valence-corrected chi connectivity index (χ3v) is 4.91. The predicted octanol–water partition coefficient (Wildman–Crippen LogP) is 6.31. The summed E-state index contributed by atoms with van der Waals surface area (Å²) >= 11 is 9.43. The highest BCUT2D eigenvalue weighted by atomic mass is 79.9. The Morgan fingerprint density at radius 1 is 1.15 bits per heavy atom. The number of ketones is 1. The second-order valence-corrected chi connectivity index (χ2v) is 7.82. The number of Topliss-reactive ketones (excluding diaryl/α,β-unsaturated/α-hetero) is 1. The van der Waals surface area contributed by atoms with Gasteiger partial charge in [-0.25, -0.2) is 0 Å². The molecule has 3 rings (SSSR count). The van der Waals surface area contributed by atoms with E-state index >= 15 is 0 Å². The SMILES string of the molecule is CN(C)CCC(=O)c1c(C=Cc2ccc(Cl)cc2)[nH]c2cc(Br)ccc12.Cl. The molecule has 27 heavy (non-hydrogen) atoms. The molecule has 0 saturated carbocycles. The molecule has 0 aliphatic heterocycles. The third-order valence-electron chi connectivity index (χ3n) is 4.17. The maximum atomic E-state index is 12.9. The van der Waals surface area contributed by atoms with Gasteiger partial charge in [0.2, 0.25) is 0 Å². The van der Waals surface area contributed by atoms with E-state index in [0.717, 1.165) is 38.7 Å². The van der Waals surface area contributed by atoms with E-state index in [1.165, 1.54) is 0 Å². The molecule has 0 unspecified atom stereocenters. The fourth-order valence-electron chi connectivity index (χ4n) is 2.82. The van der Waals surface area contributed by atoms with E-state index in [4.69, 9.17) is 11.6 Å². The summed E-state index contributed by atoms with van der Waals surface area (Å²) in [6.45, 7) is 0.725. The van der Waals surface area contributed by atoms with Gasteiger partial charge in [-0.15, -0.1) is 12.4 Å². The molecule has 3 nitrogen and oxygen atoms in total. The Hall–Kier alpha value is -1.59. The number of fused-ring (bicyclic) bond motifs is 1. The van der Waals surface area contributed by atoms with Crippen molar-refractivity contribution in [3.8, 4) is 0 Å². The highest BCUT2D eigenvalue weighted by Crippen LogP contribution is 2.28. The average Bonchev–Trinajstić information content (AvgIpc) is 2.96. The highest BCUT2D eigenvalue weighted by molar-refractivity contribution is 9.10. The fourth-order valence-corrected chi connectivity index (χ4v) is 3.31. The third kappa shape index (κ3) is 5.45. The minimum absolute atomic E-state index is 0. The van der Waals surface area contributed by atoms with Crippen LogP contribution in [0.3, 0.4) is 0 Å². The minimum Gasteiger partial charge on any atom is -0.354 e. The number of nitrogens with one attached hydrogen (secondary N) is 1. The van der Waals surface area contributed by atoms with Gasteiger partial charge in [0.1, 0.15) is 0 Å². The van der Waals surface area contributed by atoms with Crippen molar-refractivity contribution in [2.75, 3.05) is 20.6 Å². The second kappa shape index (κ2) is 9.56. The summed E-state index contributed by atoms with van der Waals surface area (Å²) in [6.07, 6.45) is 4.43. The molecular formula is C21H21BrCl2N2O. The smallest absolute Gasteiger partial charge is 0.166 e. The molecule has 0 radical (unpaired) electrons. The topological polar surface area (TPSA) is 36.1 Å². The molecule has 0 amide bonds. The Labute approximate surface area is 178 Å². The van der Waals surface area contributed by atoms with Crippen molar-refractivity contribution in [3.63, 3.8) is 0 Å². The first-order valence-corrected chi connectivity index (χ1v) is 9.54. The zero-order valence-electron chi connectivity index (χ0n) is 15.1. The van der Waals surface area contributed by atoms with E-state index in [9.17, 15) is 4.79 Å². The van der Waals surface area contributed by atoms with E-state index in [2.05, 4.69) is 20.9 Å². The van der Waals surface area contributed by atoms with E-state index in [1.54, 1.807) is 0 Å². The van der Waals surface area contributed by atoms with Crippen molar-refractivity contribution in [1.29, 1.82) is 0 Å². The molecule has 0 bridgehead atoms. The van der Waals surface area contributed by atoms with Crippen LogP contribution in [0.5, 0.6) is 0 Å². The van der Waals surface area contributed by atoms with Crippen molar-refractivity contribution in [3.05, 3.63) is 68.8 Å². The number of aromatic nitrogens is 1. The van der Waals surface area contributed by atoms with Gasteiger partial charge in [-0.3, -0.25) is 4.79 Å². The summed E-state index contributed by atoms with van der Waals surface area (Å²) in [4.78, 5) is 18.3. The van der Waals surface area contributed by atoms with Crippen LogP contribution in [0, 0.1) is 0 Å². The van der Waals surface area contributed by atoms with Crippen LogP contribution in [-0.4, -0.2) is 36.3 Å². The van der Waals surface area contributed by atoms with Crippen molar-refractivity contribution in [1.82, 2.24) is 9.88 Å². The van der Waals surface area contributed by atoms with Crippen LogP contribution in [0.15, 0.2) is 46.9 Å². The molecule has 1 aromatic heterocycles. The predicted molar refractivity (Wildman–Crippen MR) is 121 cm³/mol. The second-order valence-electron chi connectivity index (χ2n) is 6.46. The first kappa shape index (κ1) is 21.7. The highest BCUT2D eigenvalue weighted by Gasteiger charge is 2.17. The average molecular weight is 468 g/mol. The lowest BCUT2D eigenvalue weighted by Crippen LogP contribution is -2.17. The van der Waals surface area contributed by atoms with E-state index in [-0.39, 0.29) is 18.2 Å². The number of aromatic amines is 1. The summed E-state index contributed by atoms with van der Waals surface area (Å²) in [5.41, 5.74) is 3.56. The molecule has 2 aromatic carbocycles. The molecule has 1 N–H and O–H groups in total. The van der Waals surface area contributed by atoms with Gasteiger partial charge >= 0.3 is 0 Å². The number of hydrogen-bond acceptors (Lipinski definition) is 2. The van der Waals surface area contributed by atoms with Crippen LogP contribution < -0.4 is 0 Å². The molecule has 3 aromatic rings. The Balaban J connectivity index is 0.00000261. The number of carbonyl (C=O) groups is 1. The van der Waals surface area contributed by atoms with E-state index in [0.29, 0.717) is 11.4 Å². The van der Waals surface area contributed by atoms with Gasteiger partial charge in [-0.2, -0.15) is 0 Å². The maximum absolute atomic E-state index is 12.9. The van der Waals surface area contributed by atoms with Crippen LogP contribution in [0.2, 0.25) is 5.02 Å². The summed E-state index contributed by atoms with van der Waals surface area (Å²) < 4.78 is 0.978. The fraction of sp³-hybridized carbons (Fsp3) is 0.190. The van der Waals surface area contributed by atoms with Crippen LogP contribution in [0.1, 0.15) is 28.0 Å². The first-order chi connectivity index (χ1) is 12.4. The van der Waals surface area contributed by atoms with E-state index in [1.807, 2.05) is 73.6 Å². The number of rotatable bonds is 6. The number of H-pyrrole nitrogens is 1. The molecule has 0 spiro atoms. The van der Waals surface area contributed by atoms with Crippen LogP contribution in [0.4, 0.5) is 0 Å². The zero-order chi connectivity index (χ0) is 18.7. The molecule has 142 valence electrons. The van der Waals surface area contributed by atoms with Crippen molar-refractivity contribution >= 4 is 68.8 Å². The van der Waals surface area contributed by atoms with Crippen molar-refractivity contribution in [2.24, 2.45) is 0 Å². The molecule has 0 saturated heterocycles. The van der Waals surface area contributed by atoms with Gasteiger partial charge in [0.05, 0.1) is 11.3 Å². The first-order valence-electron chi connectivity index (χ1n) is 8.37. The zero-order valence-corrected chi connectivity index (χ0v) is 18.3. The summed E-state index contributed by atoms with van der Waals surface area (Å²) in [5, 5.41) is 1.66. The van der Waals surface area contributed by atoms with Crippen LogP contribution >= 0.6 is 39.9 Å². The Kier molecular flexibility index (Phi) is 7.68. The molecule has 0 aliphatic carbocycles.